The van der Waals surface area contributed by atoms with Crippen molar-refractivity contribution in [1.82, 2.24) is 20.7 Å². The van der Waals surface area contributed by atoms with Gasteiger partial charge in [-0.2, -0.15) is 10.3 Å². The highest BCUT2D eigenvalue weighted by Crippen LogP contribution is 2.42. The average molecular weight is 221 g/mol. The van der Waals surface area contributed by atoms with Crippen LogP contribution >= 0.6 is 0 Å². The van der Waals surface area contributed by atoms with Crippen LogP contribution in [0.1, 0.15) is 13.3 Å². The van der Waals surface area contributed by atoms with E-state index in [0.29, 0.717) is 11.7 Å². The molecule has 3 rings (SSSR count). The second kappa shape index (κ2) is 3.28. The predicted molar refractivity (Wildman–Crippen MR) is 57.8 cm³/mol. The standard InChI is InChI=1S/C10H15N5O/c1-7-4-11-6-10(7)2-3-15(9(10)16)8-5-12-14-13-8/h5,7,11H,2-4,6H2,1H3,(H,12,13,14). The molecule has 3 heterocycles. The fourth-order valence-corrected chi connectivity index (χ4v) is 2.84. The van der Waals surface area contributed by atoms with Crippen molar-refractivity contribution in [2.75, 3.05) is 24.5 Å². The molecular formula is C10H15N5O. The zero-order chi connectivity index (χ0) is 11.2. The van der Waals surface area contributed by atoms with E-state index in [9.17, 15) is 4.79 Å². The predicted octanol–water partition coefficient (Wildman–Crippen LogP) is -0.233. The van der Waals surface area contributed by atoms with Crippen molar-refractivity contribution >= 4 is 11.7 Å². The van der Waals surface area contributed by atoms with Crippen LogP contribution in [0.2, 0.25) is 0 Å². The summed E-state index contributed by atoms with van der Waals surface area (Å²) >= 11 is 0. The Labute approximate surface area is 93.4 Å². The molecule has 6 heteroatoms. The van der Waals surface area contributed by atoms with Crippen LogP contribution in [0.5, 0.6) is 0 Å². The molecule has 2 fully saturated rings. The summed E-state index contributed by atoms with van der Waals surface area (Å²) in [5.41, 5.74) is -0.209. The topological polar surface area (TPSA) is 73.9 Å². The van der Waals surface area contributed by atoms with Crippen molar-refractivity contribution in [3.63, 3.8) is 0 Å². The lowest BCUT2D eigenvalue weighted by Crippen LogP contribution is -2.39. The van der Waals surface area contributed by atoms with Crippen LogP contribution in [0.25, 0.3) is 0 Å². The fraction of sp³-hybridized carbons (Fsp3) is 0.700. The van der Waals surface area contributed by atoms with Gasteiger partial charge in [0.1, 0.15) is 0 Å². The summed E-state index contributed by atoms with van der Waals surface area (Å²) in [4.78, 5) is 14.2. The van der Waals surface area contributed by atoms with Gasteiger partial charge in [0.15, 0.2) is 5.82 Å². The lowest BCUT2D eigenvalue weighted by molar-refractivity contribution is -0.126. The number of nitrogens with one attached hydrogen (secondary N) is 2. The summed E-state index contributed by atoms with van der Waals surface area (Å²) in [7, 11) is 0. The Morgan fingerprint density at radius 3 is 3.12 bits per heavy atom. The number of hydrogen-bond donors (Lipinski definition) is 2. The molecular weight excluding hydrogens is 206 g/mol. The minimum absolute atomic E-state index is 0.193. The second-order valence-corrected chi connectivity index (χ2v) is 4.72. The third-order valence-electron chi connectivity index (χ3n) is 3.97. The molecule has 0 saturated carbocycles. The molecule has 0 aromatic carbocycles. The summed E-state index contributed by atoms with van der Waals surface area (Å²) in [5.74, 6) is 1.23. The Kier molecular flexibility index (Phi) is 2.00. The minimum atomic E-state index is -0.209. The van der Waals surface area contributed by atoms with Crippen molar-refractivity contribution < 1.29 is 4.79 Å². The van der Waals surface area contributed by atoms with Crippen molar-refractivity contribution in [3.05, 3.63) is 6.20 Å². The molecule has 1 amide bonds. The van der Waals surface area contributed by atoms with E-state index in [4.69, 9.17) is 0 Å². The van der Waals surface area contributed by atoms with E-state index in [2.05, 4.69) is 27.7 Å². The van der Waals surface area contributed by atoms with Crippen LogP contribution in [-0.4, -0.2) is 41.0 Å². The quantitative estimate of drug-likeness (QED) is 0.687. The van der Waals surface area contributed by atoms with Crippen molar-refractivity contribution in [1.29, 1.82) is 0 Å². The summed E-state index contributed by atoms with van der Waals surface area (Å²) in [6.07, 6.45) is 2.51. The zero-order valence-electron chi connectivity index (χ0n) is 9.23. The van der Waals surface area contributed by atoms with E-state index in [0.717, 1.165) is 26.1 Å². The van der Waals surface area contributed by atoms with Gasteiger partial charge in [0.25, 0.3) is 0 Å². The van der Waals surface area contributed by atoms with Crippen LogP contribution in [0.15, 0.2) is 6.20 Å². The van der Waals surface area contributed by atoms with Crippen molar-refractivity contribution in [2.45, 2.75) is 13.3 Å². The molecule has 0 radical (unpaired) electrons. The molecule has 1 spiro atoms. The molecule has 2 unspecified atom stereocenters. The third-order valence-corrected chi connectivity index (χ3v) is 3.97. The molecule has 2 atom stereocenters. The van der Waals surface area contributed by atoms with Crippen LogP contribution in [-0.2, 0) is 4.79 Å². The first-order valence-corrected chi connectivity index (χ1v) is 5.62. The first-order chi connectivity index (χ1) is 7.74. The summed E-state index contributed by atoms with van der Waals surface area (Å²) in [5, 5.41) is 13.6. The normalized spacial score (nSPS) is 34.2. The van der Waals surface area contributed by atoms with Crippen LogP contribution in [0, 0.1) is 11.3 Å². The molecule has 2 saturated heterocycles. The van der Waals surface area contributed by atoms with Crippen LogP contribution in [0.4, 0.5) is 5.82 Å². The molecule has 1 aromatic rings. The second-order valence-electron chi connectivity index (χ2n) is 4.72. The number of aromatic nitrogens is 3. The van der Waals surface area contributed by atoms with Gasteiger partial charge in [0.05, 0.1) is 11.6 Å². The van der Waals surface area contributed by atoms with E-state index in [-0.39, 0.29) is 11.3 Å². The van der Waals surface area contributed by atoms with Crippen molar-refractivity contribution in [3.8, 4) is 0 Å². The van der Waals surface area contributed by atoms with E-state index < -0.39 is 0 Å². The van der Waals surface area contributed by atoms with Crippen LogP contribution < -0.4 is 10.2 Å². The van der Waals surface area contributed by atoms with Gasteiger partial charge in [-0.25, -0.2) is 0 Å². The molecule has 0 aliphatic carbocycles. The number of amides is 1. The molecule has 1 aromatic heterocycles. The van der Waals surface area contributed by atoms with Gasteiger partial charge >= 0.3 is 0 Å². The number of H-pyrrole nitrogens is 1. The lowest BCUT2D eigenvalue weighted by atomic mass is 9.78. The number of carbonyl (C=O) groups is 1. The van der Waals surface area contributed by atoms with Gasteiger partial charge in [0.2, 0.25) is 5.91 Å². The number of hydrogen-bond acceptors (Lipinski definition) is 4. The maximum Gasteiger partial charge on any atom is 0.236 e. The molecule has 6 nitrogen and oxygen atoms in total. The Morgan fingerprint density at radius 2 is 2.50 bits per heavy atom. The summed E-state index contributed by atoms with van der Waals surface area (Å²) in [6.45, 7) is 4.61. The van der Waals surface area contributed by atoms with Gasteiger partial charge in [-0.05, 0) is 18.9 Å². The van der Waals surface area contributed by atoms with Gasteiger partial charge in [0, 0.05) is 13.1 Å². The van der Waals surface area contributed by atoms with Gasteiger partial charge in [-0.15, -0.1) is 5.10 Å². The van der Waals surface area contributed by atoms with Crippen molar-refractivity contribution in [2.24, 2.45) is 11.3 Å². The SMILES string of the molecule is CC1CNCC12CCN(c1cn[nH]n1)C2=O. The number of rotatable bonds is 1. The molecule has 16 heavy (non-hydrogen) atoms. The highest BCUT2D eigenvalue weighted by molar-refractivity contribution is 5.99. The zero-order valence-corrected chi connectivity index (χ0v) is 9.23. The minimum Gasteiger partial charge on any atom is -0.315 e. The maximum atomic E-state index is 12.4. The monoisotopic (exact) mass is 221 g/mol. The first-order valence-electron chi connectivity index (χ1n) is 5.62. The molecule has 2 aliphatic heterocycles. The molecule has 2 aliphatic rings. The summed E-state index contributed by atoms with van der Waals surface area (Å²) < 4.78 is 0. The Hall–Kier alpha value is -1.43. The lowest BCUT2D eigenvalue weighted by Gasteiger charge is -2.25. The van der Waals surface area contributed by atoms with Gasteiger partial charge in [-0.3, -0.25) is 9.69 Å². The molecule has 0 bridgehead atoms. The largest absolute Gasteiger partial charge is 0.315 e. The third kappa shape index (κ3) is 1.13. The highest BCUT2D eigenvalue weighted by Gasteiger charge is 2.53. The van der Waals surface area contributed by atoms with Gasteiger partial charge < -0.3 is 5.32 Å². The molecule has 2 N–H and O–H groups in total. The highest BCUT2D eigenvalue weighted by atomic mass is 16.2. The Morgan fingerprint density at radius 1 is 1.62 bits per heavy atom. The Balaban J connectivity index is 1.90. The smallest absolute Gasteiger partial charge is 0.236 e. The fourth-order valence-electron chi connectivity index (χ4n) is 2.84. The maximum absolute atomic E-state index is 12.4. The number of nitrogens with zero attached hydrogens (tertiary/aromatic N) is 3. The Bertz CT molecular complexity index is 403. The number of aromatic amines is 1. The number of carbonyl (C=O) groups excluding carboxylic acids is 1. The summed E-state index contributed by atoms with van der Waals surface area (Å²) in [6, 6.07) is 0. The van der Waals surface area contributed by atoms with E-state index in [1.807, 2.05) is 0 Å². The molecule has 86 valence electrons. The van der Waals surface area contributed by atoms with E-state index in [1.165, 1.54) is 0 Å². The van der Waals surface area contributed by atoms with E-state index in [1.54, 1.807) is 11.1 Å². The first kappa shape index (κ1) is 9.77. The average Bonchev–Trinajstić information content (AvgIpc) is 2.94. The number of anilines is 1. The van der Waals surface area contributed by atoms with E-state index >= 15 is 0 Å². The van der Waals surface area contributed by atoms with Gasteiger partial charge in [-0.1, -0.05) is 6.92 Å². The van der Waals surface area contributed by atoms with Crippen LogP contribution in [0.3, 0.4) is 0 Å².